The lowest BCUT2D eigenvalue weighted by molar-refractivity contribution is -0.140. The number of nitrogens with two attached hydrogens (primary N) is 1. The summed E-state index contributed by atoms with van der Waals surface area (Å²) >= 11 is 6.21. The normalized spacial score (nSPS) is 19.1. The maximum Gasteiger partial charge on any atom is 0.231 e. The minimum absolute atomic E-state index is 0.361. The molecule has 0 heterocycles. The number of halogens is 1. The first kappa shape index (κ1) is 18.0. The molecule has 3 N–H and O–H groups in total. The van der Waals surface area contributed by atoms with Gasteiger partial charge in [-0.05, 0) is 42.5 Å². The van der Waals surface area contributed by atoms with Crippen LogP contribution in [0.25, 0.3) is 0 Å². The molecule has 0 bridgehead atoms. The first-order valence-corrected chi connectivity index (χ1v) is 9.18. The molecule has 1 unspecified atom stereocenters. The van der Waals surface area contributed by atoms with E-state index in [9.17, 15) is 9.90 Å². The van der Waals surface area contributed by atoms with E-state index in [1.165, 1.54) is 0 Å². The number of carbonyl (C=O) groups is 1. The molecule has 1 saturated carbocycles. The van der Waals surface area contributed by atoms with Gasteiger partial charge in [-0.25, -0.2) is 0 Å². The maximum absolute atomic E-state index is 12.9. The largest absolute Gasteiger partial charge is 0.388 e. The van der Waals surface area contributed by atoms with Gasteiger partial charge in [-0.2, -0.15) is 0 Å². The van der Waals surface area contributed by atoms with Gasteiger partial charge >= 0.3 is 0 Å². The Morgan fingerprint density at radius 1 is 1.08 bits per heavy atom. The zero-order valence-electron chi connectivity index (χ0n) is 14.2. The zero-order chi connectivity index (χ0) is 17.9. The van der Waals surface area contributed by atoms with Crippen LogP contribution in [0.5, 0.6) is 0 Å². The van der Waals surface area contributed by atoms with Crippen LogP contribution in [0.15, 0.2) is 54.6 Å². The fraction of sp³-hybridized carbons (Fsp3) is 0.381. The standard InChI is InChI=1S/C21H24ClNO2/c22-18-11-7-10-17(14-18)21(19(23)24,15-16-8-3-1-4-9-16)20(25)12-5-2-6-13-20/h1,3-4,7-11,14,25H,2,5-6,12-13,15H2,(H2,23,24). The molecule has 0 spiro atoms. The molecule has 1 aliphatic rings. The first-order chi connectivity index (χ1) is 12.0. The number of benzene rings is 2. The molecule has 132 valence electrons. The van der Waals surface area contributed by atoms with E-state index in [0.29, 0.717) is 29.8 Å². The van der Waals surface area contributed by atoms with E-state index in [1.54, 1.807) is 12.1 Å². The summed E-state index contributed by atoms with van der Waals surface area (Å²) in [5.41, 5.74) is 5.28. The molecule has 0 saturated heterocycles. The van der Waals surface area contributed by atoms with Crippen LogP contribution < -0.4 is 5.73 Å². The highest BCUT2D eigenvalue weighted by molar-refractivity contribution is 6.30. The van der Waals surface area contributed by atoms with Crippen molar-refractivity contribution in [1.29, 1.82) is 0 Å². The lowest BCUT2D eigenvalue weighted by Gasteiger charge is -2.48. The average Bonchev–Trinajstić information content (AvgIpc) is 2.60. The van der Waals surface area contributed by atoms with Gasteiger partial charge in [0.05, 0.1) is 5.60 Å². The quantitative estimate of drug-likeness (QED) is 0.849. The Hall–Kier alpha value is -1.84. The number of carbonyl (C=O) groups excluding carboxylic acids is 1. The summed E-state index contributed by atoms with van der Waals surface area (Å²) in [6.07, 6.45) is 4.34. The predicted molar refractivity (Wildman–Crippen MR) is 101 cm³/mol. The molecule has 1 aliphatic carbocycles. The van der Waals surface area contributed by atoms with Gasteiger partial charge in [-0.3, -0.25) is 4.79 Å². The molecule has 0 radical (unpaired) electrons. The van der Waals surface area contributed by atoms with Gasteiger partial charge < -0.3 is 10.8 Å². The Morgan fingerprint density at radius 3 is 2.36 bits per heavy atom. The summed E-state index contributed by atoms with van der Waals surface area (Å²) in [4.78, 5) is 12.9. The predicted octanol–water partition coefficient (Wildman–Crippen LogP) is 4.00. The van der Waals surface area contributed by atoms with Gasteiger partial charge in [0.1, 0.15) is 5.41 Å². The number of rotatable bonds is 5. The fourth-order valence-electron chi connectivity index (χ4n) is 4.21. The summed E-state index contributed by atoms with van der Waals surface area (Å²) in [5, 5.41) is 12.2. The van der Waals surface area contributed by atoms with Crippen molar-refractivity contribution < 1.29 is 9.90 Å². The molecule has 1 amide bonds. The van der Waals surface area contributed by atoms with E-state index in [1.807, 2.05) is 42.5 Å². The highest BCUT2D eigenvalue weighted by Crippen LogP contribution is 2.47. The number of amides is 1. The molecular weight excluding hydrogens is 334 g/mol. The lowest BCUT2D eigenvalue weighted by atomic mass is 9.59. The Morgan fingerprint density at radius 2 is 1.76 bits per heavy atom. The zero-order valence-corrected chi connectivity index (χ0v) is 15.0. The van der Waals surface area contributed by atoms with Crippen molar-refractivity contribution in [2.75, 3.05) is 0 Å². The van der Waals surface area contributed by atoms with E-state index in [2.05, 4.69) is 0 Å². The molecule has 2 aromatic rings. The van der Waals surface area contributed by atoms with Crippen LogP contribution in [0, 0.1) is 0 Å². The fourth-order valence-corrected chi connectivity index (χ4v) is 4.40. The Bertz CT molecular complexity index is 741. The van der Waals surface area contributed by atoms with Crippen molar-refractivity contribution in [2.45, 2.75) is 49.5 Å². The van der Waals surface area contributed by atoms with Gasteiger partial charge in [0.15, 0.2) is 0 Å². The average molecular weight is 358 g/mol. The number of hydrogen-bond acceptors (Lipinski definition) is 2. The molecule has 0 aliphatic heterocycles. The highest BCUT2D eigenvalue weighted by Gasteiger charge is 2.55. The molecular formula is C21H24ClNO2. The van der Waals surface area contributed by atoms with Gasteiger partial charge in [-0.15, -0.1) is 0 Å². The van der Waals surface area contributed by atoms with Gasteiger partial charge in [0, 0.05) is 5.02 Å². The first-order valence-electron chi connectivity index (χ1n) is 8.80. The van der Waals surface area contributed by atoms with E-state index in [-0.39, 0.29) is 0 Å². The minimum atomic E-state index is -1.19. The van der Waals surface area contributed by atoms with E-state index < -0.39 is 16.9 Å². The smallest absolute Gasteiger partial charge is 0.231 e. The van der Waals surface area contributed by atoms with E-state index >= 15 is 0 Å². The second kappa shape index (κ2) is 7.19. The summed E-state index contributed by atoms with van der Waals surface area (Å²) in [5.74, 6) is -0.497. The van der Waals surface area contributed by atoms with Gasteiger partial charge in [0.2, 0.25) is 5.91 Å². The maximum atomic E-state index is 12.9. The second-order valence-corrected chi connectivity index (χ2v) is 7.47. The van der Waals surface area contributed by atoms with Crippen LogP contribution in [-0.4, -0.2) is 16.6 Å². The lowest BCUT2D eigenvalue weighted by Crippen LogP contribution is -2.61. The van der Waals surface area contributed by atoms with Crippen molar-refractivity contribution in [3.05, 3.63) is 70.7 Å². The highest BCUT2D eigenvalue weighted by atomic mass is 35.5. The van der Waals surface area contributed by atoms with E-state index in [4.69, 9.17) is 17.3 Å². The summed E-state index contributed by atoms with van der Waals surface area (Å²) in [7, 11) is 0. The van der Waals surface area contributed by atoms with Crippen LogP contribution >= 0.6 is 11.6 Å². The van der Waals surface area contributed by atoms with Gasteiger partial charge in [-0.1, -0.05) is 73.3 Å². The van der Waals surface area contributed by atoms with Crippen LogP contribution in [0.2, 0.25) is 5.02 Å². The molecule has 0 aromatic heterocycles. The molecule has 25 heavy (non-hydrogen) atoms. The van der Waals surface area contributed by atoms with Crippen molar-refractivity contribution in [1.82, 2.24) is 0 Å². The van der Waals surface area contributed by atoms with Crippen molar-refractivity contribution in [3.8, 4) is 0 Å². The third-order valence-electron chi connectivity index (χ3n) is 5.53. The van der Waals surface area contributed by atoms with E-state index in [0.717, 1.165) is 24.8 Å². The second-order valence-electron chi connectivity index (χ2n) is 7.03. The number of aliphatic hydroxyl groups is 1. The van der Waals surface area contributed by atoms with Crippen LogP contribution in [0.4, 0.5) is 0 Å². The summed E-state index contributed by atoms with van der Waals surface area (Å²) in [6, 6.07) is 16.9. The molecule has 4 heteroatoms. The molecule has 2 aromatic carbocycles. The number of hydrogen-bond donors (Lipinski definition) is 2. The van der Waals surface area contributed by atoms with Gasteiger partial charge in [0.25, 0.3) is 0 Å². The molecule has 1 fully saturated rings. The summed E-state index contributed by atoms with van der Waals surface area (Å²) < 4.78 is 0. The topological polar surface area (TPSA) is 63.3 Å². The Kier molecular flexibility index (Phi) is 5.16. The molecule has 3 rings (SSSR count). The summed E-state index contributed by atoms with van der Waals surface area (Å²) in [6.45, 7) is 0. The van der Waals surface area contributed by atoms with Crippen molar-refractivity contribution in [3.63, 3.8) is 0 Å². The Labute approximate surface area is 153 Å². The number of primary amides is 1. The van der Waals surface area contributed by atoms with Crippen LogP contribution in [0.1, 0.15) is 43.2 Å². The van der Waals surface area contributed by atoms with Crippen molar-refractivity contribution >= 4 is 17.5 Å². The van der Waals surface area contributed by atoms with Crippen LogP contribution in [0.3, 0.4) is 0 Å². The Balaban J connectivity index is 2.19. The molecule has 3 nitrogen and oxygen atoms in total. The molecule has 1 atom stereocenters. The third-order valence-corrected chi connectivity index (χ3v) is 5.76. The van der Waals surface area contributed by atoms with Crippen LogP contribution in [-0.2, 0) is 16.6 Å². The third kappa shape index (κ3) is 3.31. The monoisotopic (exact) mass is 357 g/mol. The van der Waals surface area contributed by atoms with Crippen molar-refractivity contribution in [2.24, 2.45) is 5.73 Å². The minimum Gasteiger partial charge on any atom is -0.388 e. The SMILES string of the molecule is NC(=O)C(Cc1ccccc1)(c1cccc(Cl)c1)C1(O)CCCCC1.